The molecule has 0 aliphatic heterocycles. The van der Waals surface area contributed by atoms with Crippen LogP contribution in [0.15, 0.2) is 18.2 Å². The average molecular weight is 276 g/mol. The van der Waals surface area contributed by atoms with Crippen molar-refractivity contribution in [2.24, 2.45) is 5.92 Å². The molecule has 0 radical (unpaired) electrons. The number of halogens is 2. The van der Waals surface area contributed by atoms with Gasteiger partial charge in [-0.1, -0.05) is 25.4 Å². The van der Waals surface area contributed by atoms with Crippen molar-refractivity contribution < 1.29 is 14.2 Å². The van der Waals surface area contributed by atoms with Crippen LogP contribution < -0.4 is 5.32 Å². The van der Waals surface area contributed by atoms with Crippen molar-refractivity contribution >= 4 is 17.3 Å². The number of aliphatic hydroxyl groups is 1. The van der Waals surface area contributed by atoms with Gasteiger partial charge < -0.3 is 15.2 Å². The molecule has 1 rings (SSSR count). The van der Waals surface area contributed by atoms with Crippen molar-refractivity contribution in [2.45, 2.75) is 20.0 Å². The summed E-state index contributed by atoms with van der Waals surface area (Å²) in [5.41, 5.74) is 0.283. The molecule has 102 valence electrons. The molecule has 0 saturated heterocycles. The second-order valence-electron chi connectivity index (χ2n) is 4.59. The zero-order valence-corrected chi connectivity index (χ0v) is 11.4. The first-order chi connectivity index (χ1) is 8.49. The van der Waals surface area contributed by atoms with Crippen LogP contribution in [0.1, 0.15) is 13.8 Å². The van der Waals surface area contributed by atoms with E-state index in [4.69, 9.17) is 16.3 Å². The third-order valence-electron chi connectivity index (χ3n) is 2.22. The third-order valence-corrected chi connectivity index (χ3v) is 2.45. The van der Waals surface area contributed by atoms with Gasteiger partial charge in [-0.2, -0.15) is 0 Å². The third kappa shape index (κ3) is 5.67. The van der Waals surface area contributed by atoms with E-state index >= 15 is 0 Å². The molecule has 3 nitrogen and oxygen atoms in total. The highest BCUT2D eigenvalue weighted by Gasteiger charge is 2.07. The Balaban J connectivity index is 2.33. The van der Waals surface area contributed by atoms with Crippen LogP contribution in [0, 0.1) is 11.7 Å². The number of aliphatic hydroxyl groups excluding tert-OH is 1. The minimum atomic E-state index is -0.679. The molecule has 0 bridgehead atoms. The fourth-order valence-corrected chi connectivity index (χ4v) is 1.53. The fourth-order valence-electron chi connectivity index (χ4n) is 1.36. The van der Waals surface area contributed by atoms with Gasteiger partial charge in [0.2, 0.25) is 0 Å². The van der Waals surface area contributed by atoms with Gasteiger partial charge in [0.25, 0.3) is 0 Å². The normalized spacial score (nSPS) is 12.8. The zero-order chi connectivity index (χ0) is 13.5. The van der Waals surface area contributed by atoms with Crippen LogP contribution in [0.5, 0.6) is 0 Å². The van der Waals surface area contributed by atoms with E-state index in [1.54, 1.807) is 0 Å². The molecule has 2 N–H and O–H groups in total. The van der Waals surface area contributed by atoms with Crippen LogP contribution in [0.3, 0.4) is 0 Å². The first kappa shape index (κ1) is 15.2. The largest absolute Gasteiger partial charge is 0.389 e. The molecule has 0 fully saturated rings. The van der Waals surface area contributed by atoms with E-state index in [1.165, 1.54) is 18.2 Å². The van der Waals surface area contributed by atoms with E-state index < -0.39 is 11.9 Å². The van der Waals surface area contributed by atoms with Gasteiger partial charge in [-0.05, 0) is 24.1 Å². The number of rotatable bonds is 7. The quantitative estimate of drug-likeness (QED) is 0.804. The number of nitrogens with one attached hydrogen (secondary N) is 1. The SMILES string of the molecule is CC(C)COCC(O)CNc1cc(Cl)ccc1F. The van der Waals surface area contributed by atoms with Crippen LogP contribution in [-0.2, 0) is 4.74 Å². The minimum Gasteiger partial charge on any atom is -0.389 e. The summed E-state index contributed by atoms with van der Waals surface area (Å²) in [6.07, 6.45) is -0.679. The van der Waals surface area contributed by atoms with Crippen LogP contribution in [0.25, 0.3) is 0 Å². The highest BCUT2D eigenvalue weighted by atomic mass is 35.5. The van der Waals surface area contributed by atoms with Crippen LogP contribution in [-0.4, -0.2) is 31.0 Å². The fraction of sp³-hybridized carbons (Fsp3) is 0.538. The van der Waals surface area contributed by atoms with E-state index in [0.717, 1.165) is 0 Å². The summed E-state index contributed by atoms with van der Waals surface area (Å²) in [4.78, 5) is 0. The number of hydrogen-bond donors (Lipinski definition) is 2. The lowest BCUT2D eigenvalue weighted by Gasteiger charge is -2.14. The maximum atomic E-state index is 13.3. The number of benzene rings is 1. The monoisotopic (exact) mass is 275 g/mol. The summed E-state index contributed by atoms with van der Waals surface area (Å²) < 4.78 is 18.6. The summed E-state index contributed by atoms with van der Waals surface area (Å²) in [7, 11) is 0. The van der Waals surface area contributed by atoms with Gasteiger partial charge in [0.1, 0.15) is 5.82 Å². The maximum Gasteiger partial charge on any atom is 0.146 e. The molecule has 0 aliphatic rings. The predicted octanol–water partition coefficient (Wildman–Crippen LogP) is 2.92. The Kier molecular flexibility index (Phi) is 6.39. The summed E-state index contributed by atoms with van der Waals surface area (Å²) in [6.45, 7) is 5.11. The molecule has 0 aromatic heterocycles. The van der Waals surface area contributed by atoms with Crippen molar-refractivity contribution in [2.75, 3.05) is 25.1 Å². The first-order valence-corrected chi connectivity index (χ1v) is 6.31. The maximum absolute atomic E-state index is 13.3. The molecule has 1 unspecified atom stereocenters. The molecule has 1 atom stereocenters. The van der Waals surface area contributed by atoms with Gasteiger partial charge >= 0.3 is 0 Å². The molecule has 5 heteroatoms. The van der Waals surface area contributed by atoms with Gasteiger partial charge in [-0.15, -0.1) is 0 Å². The Morgan fingerprint density at radius 3 is 2.78 bits per heavy atom. The Labute approximate surface area is 112 Å². The average Bonchev–Trinajstić information content (AvgIpc) is 2.30. The smallest absolute Gasteiger partial charge is 0.146 e. The highest BCUT2D eigenvalue weighted by Crippen LogP contribution is 2.19. The first-order valence-electron chi connectivity index (χ1n) is 5.93. The van der Waals surface area contributed by atoms with Gasteiger partial charge in [0, 0.05) is 18.2 Å². The summed E-state index contributed by atoms with van der Waals surface area (Å²) in [6, 6.07) is 4.25. The summed E-state index contributed by atoms with van der Waals surface area (Å²) in [5.74, 6) is 0.0326. The lowest BCUT2D eigenvalue weighted by molar-refractivity contribution is 0.0317. The number of anilines is 1. The molecule has 0 saturated carbocycles. The van der Waals surface area contributed by atoms with Crippen molar-refractivity contribution in [1.82, 2.24) is 0 Å². The Bertz CT molecular complexity index is 374. The predicted molar refractivity (Wildman–Crippen MR) is 71.6 cm³/mol. The van der Waals surface area contributed by atoms with E-state index in [9.17, 15) is 9.50 Å². The van der Waals surface area contributed by atoms with Crippen LogP contribution in [0.2, 0.25) is 5.02 Å². The van der Waals surface area contributed by atoms with Crippen LogP contribution in [0.4, 0.5) is 10.1 Å². The standard InChI is InChI=1S/C13H19ClFNO2/c1-9(2)7-18-8-11(17)6-16-13-5-10(14)3-4-12(13)15/h3-5,9,11,16-17H,6-8H2,1-2H3. The summed E-state index contributed by atoms with van der Waals surface area (Å²) >= 11 is 5.76. The van der Waals surface area contributed by atoms with E-state index in [2.05, 4.69) is 5.32 Å². The topological polar surface area (TPSA) is 41.5 Å². The Hall–Kier alpha value is -0.840. The lowest BCUT2D eigenvalue weighted by Crippen LogP contribution is -2.26. The van der Waals surface area contributed by atoms with Crippen molar-refractivity contribution in [3.05, 3.63) is 29.0 Å². The van der Waals surface area contributed by atoms with Gasteiger partial charge in [-0.25, -0.2) is 4.39 Å². The number of ether oxygens (including phenoxy) is 1. The number of hydrogen-bond acceptors (Lipinski definition) is 3. The molecule has 18 heavy (non-hydrogen) atoms. The van der Waals surface area contributed by atoms with E-state index in [0.29, 0.717) is 17.5 Å². The van der Waals surface area contributed by atoms with E-state index in [-0.39, 0.29) is 18.8 Å². The Morgan fingerprint density at radius 2 is 2.11 bits per heavy atom. The van der Waals surface area contributed by atoms with Gasteiger partial charge in [0.05, 0.1) is 18.4 Å². The second-order valence-corrected chi connectivity index (χ2v) is 5.03. The minimum absolute atomic E-state index is 0.218. The molecular formula is C13H19ClFNO2. The molecule has 0 spiro atoms. The van der Waals surface area contributed by atoms with Crippen molar-refractivity contribution in [3.63, 3.8) is 0 Å². The van der Waals surface area contributed by atoms with E-state index in [1.807, 2.05) is 13.8 Å². The Morgan fingerprint density at radius 1 is 1.39 bits per heavy atom. The molecule has 0 heterocycles. The zero-order valence-electron chi connectivity index (χ0n) is 10.6. The van der Waals surface area contributed by atoms with Crippen molar-refractivity contribution in [1.29, 1.82) is 0 Å². The van der Waals surface area contributed by atoms with Crippen molar-refractivity contribution in [3.8, 4) is 0 Å². The second kappa shape index (κ2) is 7.56. The summed E-state index contributed by atoms with van der Waals surface area (Å²) in [5, 5.41) is 12.9. The van der Waals surface area contributed by atoms with Gasteiger partial charge in [-0.3, -0.25) is 0 Å². The molecular weight excluding hydrogens is 257 g/mol. The lowest BCUT2D eigenvalue weighted by atomic mass is 10.2. The molecule has 0 amide bonds. The highest BCUT2D eigenvalue weighted by molar-refractivity contribution is 6.30. The molecule has 0 aliphatic carbocycles. The molecule has 1 aromatic rings. The van der Waals surface area contributed by atoms with Crippen LogP contribution >= 0.6 is 11.6 Å². The van der Waals surface area contributed by atoms with Gasteiger partial charge in [0.15, 0.2) is 0 Å². The molecule has 1 aromatic carbocycles.